The van der Waals surface area contributed by atoms with Gasteiger partial charge in [0, 0.05) is 20.8 Å². The van der Waals surface area contributed by atoms with Crippen LogP contribution in [0.3, 0.4) is 0 Å². The maximum Gasteiger partial charge on any atom is 0.166 e. The first-order valence-corrected chi connectivity index (χ1v) is 7.17. The molecular formula is C14H13BrOS. The molecule has 0 aliphatic carbocycles. The minimum Gasteiger partial charge on any atom is -0.294 e. The lowest BCUT2D eigenvalue weighted by Crippen LogP contribution is -2.13. The topological polar surface area (TPSA) is 17.1 Å². The van der Waals surface area contributed by atoms with E-state index >= 15 is 0 Å². The fourth-order valence-electron chi connectivity index (χ4n) is 1.73. The predicted molar refractivity (Wildman–Crippen MR) is 75.7 cm³/mol. The second-order valence-corrected chi connectivity index (χ2v) is 5.88. The summed E-state index contributed by atoms with van der Waals surface area (Å²) in [7, 11) is 0. The van der Waals surface area contributed by atoms with E-state index in [0.29, 0.717) is 0 Å². The number of ketones is 1. The van der Waals surface area contributed by atoms with E-state index in [1.165, 1.54) is 4.88 Å². The molecule has 1 aromatic carbocycles. The molecule has 0 fully saturated rings. The Labute approximate surface area is 114 Å². The Balaban J connectivity index is 2.09. The largest absolute Gasteiger partial charge is 0.294 e. The van der Waals surface area contributed by atoms with Crippen molar-refractivity contribution in [2.75, 3.05) is 0 Å². The SMILES string of the molecule is CC(Cc1sccc1Br)C(=O)c1ccccc1. The van der Waals surface area contributed by atoms with Gasteiger partial charge in [0.25, 0.3) is 0 Å². The molecule has 0 radical (unpaired) electrons. The Morgan fingerprint density at radius 2 is 2.00 bits per heavy atom. The molecule has 2 aromatic rings. The quantitative estimate of drug-likeness (QED) is 0.756. The molecule has 0 aliphatic heterocycles. The van der Waals surface area contributed by atoms with Gasteiger partial charge in [0.05, 0.1) is 0 Å². The number of hydrogen-bond donors (Lipinski definition) is 0. The molecule has 1 unspecified atom stereocenters. The maximum atomic E-state index is 12.2. The van der Waals surface area contributed by atoms with Crippen molar-refractivity contribution in [2.24, 2.45) is 5.92 Å². The number of rotatable bonds is 4. The summed E-state index contributed by atoms with van der Waals surface area (Å²) in [6.07, 6.45) is 0.798. The average molecular weight is 309 g/mol. The van der Waals surface area contributed by atoms with Gasteiger partial charge in [-0.05, 0) is 33.8 Å². The van der Waals surface area contributed by atoms with E-state index in [1.54, 1.807) is 11.3 Å². The molecule has 0 bridgehead atoms. The molecule has 1 nitrogen and oxygen atoms in total. The summed E-state index contributed by atoms with van der Waals surface area (Å²) in [5.41, 5.74) is 0.799. The van der Waals surface area contributed by atoms with Crippen molar-refractivity contribution in [3.63, 3.8) is 0 Å². The maximum absolute atomic E-state index is 12.2. The lowest BCUT2D eigenvalue weighted by atomic mass is 9.96. The Morgan fingerprint density at radius 3 is 2.59 bits per heavy atom. The zero-order chi connectivity index (χ0) is 12.3. The fourth-order valence-corrected chi connectivity index (χ4v) is 3.37. The van der Waals surface area contributed by atoms with E-state index in [0.717, 1.165) is 16.5 Å². The first kappa shape index (κ1) is 12.5. The van der Waals surface area contributed by atoms with Gasteiger partial charge in [-0.1, -0.05) is 37.3 Å². The van der Waals surface area contributed by atoms with E-state index in [1.807, 2.05) is 48.7 Å². The summed E-state index contributed by atoms with van der Waals surface area (Å²) < 4.78 is 1.11. The molecule has 1 atom stereocenters. The second kappa shape index (κ2) is 5.61. The third-order valence-corrected chi connectivity index (χ3v) is 4.64. The van der Waals surface area contributed by atoms with Gasteiger partial charge in [0.15, 0.2) is 5.78 Å². The van der Waals surface area contributed by atoms with Crippen molar-refractivity contribution in [2.45, 2.75) is 13.3 Å². The number of Topliss-reactive ketones (excluding diaryl/α,β-unsaturated/α-hetero) is 1. The zero-order valence-corrected chi connectivity index (χ0v) is 11.9. The van der Waals surface area contributed by atoms with E-state index in [9.17, 15) is 4.79 Å². The molecule has 17 heavy (non-hydrogen) atoms. The van der Waals surface area contributed by atoms with Gasteiger partial charge in [-0.2, -0.15) is 0 Å². The van der Waals surface area contributed by atoms with Crippen LogP contribution in [0.1, 0.15) is 22.2 Å². The molecule has 3 heteroatoms. The Morgan fingerprint density at radius 1 is 1.29 bits per heavy atom. The summed E-state index contributed by atoms with van der Waals surface area (Å²) in [4.78, 5) is 13.4. The van der Waals surface area contributed by atoms with Crippen molar-refractivity contribution >= 4 is 33.0 Å². The van der Waals surface area contributed by atoms with Crippen molar-refractivity contribution in [1.29, 1.82) is 0 Å². The number of halogens is 1. The van der Waals surface area contributed by atoms with E-state index in [4.69, 9.17) is 0 Å². The highest BCUT2D eigenvalue weighted by molar-refractivity contribution is 9.10. The van der Waals surface area contributed by atoms with Crippen LogP contribution in [0.25, 0.3) is 0 Å². The number of benzene rings is 1. The van der Waals surface area contributed by atoms with Crippen molar-refractivity contribution in [3.8, 4) is 0 Å². The minimum absolute atomic E-state index is 0.0207. The minimum atomic E-state index is 0.0207. The molecular weight excluding hydrogens is 296 g/mol. The summed E-state index contributed by atoms with van der Waals surface area (Å²) in [6, 6.07) is 11.5. The first-order chi connectivity index (χ1) is 8.18. The summed E-state index contributed by atoms with van der Waals surface area (Å²) >= 11 is 5.19. The Hall–Kier alpha value is -0.930. The lowest BCUT2D eigenvalue weighted by Gasteiger charge is -2.09. The number of hydrogen-bond acceptors (Lipinski definition) is 2. The normalized spacial score (nSPS) is 12.4. The molecule has 2 rings (SSSR count). The highest BCUT2D eigenvalue weighted by Crippen LogP contribution is 2.26. The van der Waals surface area contributed by atoms with Gasteiger partial charge in [0.1, 0.15) is 0 Å². The molecule has 1 heterocycles. The number of carbonyl (C=O) groups is 1. The number of thiophene rings is 1. The van der Waals surface area contributed by atoms with Crippen LogP contribution >= 0.6 is 27.3 Å². The van der Waals surface area contributed by atoms with Crippen LogP contribution in [0.4, 0.5) is 0 Å². The van der Waals surface area contributed by atoms with Gasteiger partial charge < -0.3 is 0 Å². The van der Waals surface area contributed by atoms with Crippen LogP contribution < -0.4 is 0 Å². The highest BCUT2D eigenvalue weighted by atomic mass is 79.9. The molecule has 0 amide bonds. The monoisotopic (exact) mass is 308 g/mol. The smallest absolute Gasteiger partial charge is 0.166 e. The molecule has 0 saturated heterocycles. The molecule has 0 N–H and O–H groups in total. The van der Waals surface area contributed by atoms with E-state index in [-0.39, 0.29) is 11.7 Å². The Kier molecular flexibility index (Phi) is 4.13. The van der Waals surface area contributed by atoms with Crippen LogP contribution in [0.5, 0.6) is 0 Å². The van der Waals surface area contributed by atoms with Crippen LogP contribution in [0.15, 0.2) is 46.3 Å². The lowest BCUT2D eigenvalue weighted by molar-refractivity contribution is 0.0930. The van der Waals surface area contributed by atoms with Crippen molar-refractivity contribution < 1.29 is 4.79 Å². The summed E-state index contributed by atoms with van der Waals surface area (Å²) in [6.45, 7) is 1.99. The molecule has 0 aliphatic rings. The van der Waals surface area contributed by atoms with Crippen molar-refractivity contribution in [3.05, 3.63) is 56.7 Å². The van der Waals surface area contributed by atoms with Crippen LogP contribution in [-0.4, -0.2) is 5.78 Å². The summed E-state index contributed by atoms with van der Waals surface area (Å²) in [5.74, 6) is 0.234. The predicted octanol–water partition coefficient (Wildman–Crippen LogP) is 4.57. The van der Waals surface area contributed by atoms with Gasteiger partial charge >= 0.3 is 0 Å². The van der Waals surface area contributed by atoms with Gasteiger partial charge in [0.2, 0.25) is 0 Å². The van der Waals surface area contributed by atoms with E-state index < -0.39 is 0 Å². The second-order valence-electron chi connectivity index (χ2n) is 4.03. The third kappa shape index (κ3) is 3.05. The Bertz CT molecular complexity index is 504. The molecule has 1 aromatic heterocycles. The van der Waals surface area contributed by atoms with Gasteiger partial charge in [-0.3, -0.25) is 4.79 Å². The van der Waals surface area contributed by atoms with Crippen molar-refractivity contribution in [1.82, 2.24) is 0 Å². The molecule has 0 spiro atoms. The average Bonchev–Trinajstić information content (AvgIpc) is 2.75. The van der Waals surface area contributed by atoms with Crippen LogP contribution in [-0.2, 0) is 6.42 Å². The fraction of sp³-hybridized carbons (Fsp3) is 0.214. The molecule has 0 saturated carbocycles. The summed E-state index contributed by atoms with van der Waals surface area (Å²) in [5, 5.41) is 2.04. The third-order valence-electron chi connectivity index (χ3n) is 2.69. The standard InChI is InChI=1S/C14H13BrOS/c1-10(9-13-12(15)7-8-17-13)14(16)11-5-3-2-4-6-11/h2-8,10H,9H2,1H3. The highest BCUT2D eigenvalue weighted by Gasteiger charge is 2.17. The molecule has 88 valence electrons. The van der Waals surface area contributed by atoms with E-state index in [2.05, 4.69) is 15.9 Å². The zero-order valence-electron chi connectivity index (χ0n) is 9.52. The van der Waals surface area contributed by atoms with Gasteiger partial charge in [-0.25, -0.2) is 0 Å². The van der Waals surface area contributed by atoms with Gasteiger partial charge in [-0.15, -0.1) is 11.3 Å². The first-order valence-electron chi connectivity index (χ1n) is 5.49. The number of carbonyl (C=O) groups excluding carboxylic acids is 1. The van der Waals surface area contributed by atoms with Crippen LogP contribution in [0.2, 0.25) is 0 Å². The van der Waals surface area contributed by atoms with Crippen LogP contribution in [0, 0.1) is 5.92 Å².